The van der Waals surface area contributed by atoms with Gasteiger partial charge in [0.15, 0.2) is 0 Å². The molecule has 0 radical (unpaired) electrons. The first kappa shape index (κ1) is 13.5. The van der Waals surface area contributed by atoms with Gasteiger partial charge in [0.2, 0.25) is 0 Å². The van der Waals surface area contributed by atoms with Crippen molar-refractivity contribution in [2.24, 2.45) is 0 Å². The van der Waals surface area contributed by atoms with Gasteiger partial charge in [-0.3, -0.25) is 0 Å². The molecule has 0 amide bonds. The Hall–Kier alpha value is -0.610. The number of aliphatic hydroxyl groups is 1. The maximum absolute atomic E-state index is 9.93. The summed E-state index contributed by atoms with van der Waals surface area (Å²) in [6.07, 6.45) is -0.590. The zero-order valence-electron chi connectivity index (χ0n) is 9.61. The zero-order valence-corrected chi connectivity index (χ0v) is 10.4. The molecule has 0 saturated heterocycles. The van der Waals surface area contributed by atoms with Crippen molar-refractivity contribution in [3.05, 3.63) is 34.9 Å². The molecule has 1 aromatic rings. The molecule has 1 aromatic carbocycles. The normalized spacial score (nSPS) is 14.8. The van der Waals surface area contributed by atoms with Crippen LogP contribution in [0.25, 0.3) is 0 Å². The van der Waals surface area contributed by atoms with Crippen LogP contribution in [0.1, 0.15) is 18.6 Å². The summed E-state index contributed by atoms with van der Waals surface area (Å²) in [6, 6.07) is 7.53. The fourth-order valence-electron chi connectivity index (χ4n) is 1.48. The second-order valence-corrected chi connectivity index (χ2v) is 4.21. The fraction of sp³-hybridized carbons (Fsp3) is 0.500. The Bertz CT molecular complexity index is 320. The summed E-state index contributed by atoms with van der Waals surface area (Å²) in [5.74, 6) is 0. The highest BCUT2D eigenvalue weighted by atomic mass is 35.5. The Labute approximate surface area is 101 Å². The van der Waals surface area contributed by atoms with Crippen molar-refractivity contribution >= 4 is 11.6 Å². The van der Waals surface area contributed by atoms with Gasteiger partial charge in [0.25, 0.3) is 0 Å². The van der Waals surface area contributed by atoms with Gasteiger partial charge in [-0.15, -0.1) is 0 Å². The molecule has 0 aliphatic rings. The van der Waals surface area contributed by atoms with Crippen molar-refractivity contribution in [1.82, 2.24) is 5.32 Å². The average Bonchev–Trinajstić information content (AvgIpc) is 2.27. The molecule has 3 nitrogen and oxygen atoms in total. The molecule has 16 heavy (non-hydrogen) atoms. The average molecular weight is 244 g/mol. The predicted molar refractivity (Wildman–Crippen MR) is 65.8 cm³/mol. The van der Waals surface area contributed by atoms with E-state index in [-0.39, 0.29) is 6.04 Å². The summed E-state index contributed by atoms with van der Waals surface area (Å²) < 4.78 is 5.00. The van der Waals surface area contributed by atoms with Gasteiger partial charge in [-0.2, -0.15) is 0 Å². The number of benzene rings is 1. The molecule has 90 valence electrons. The molecule has 0 heterocycles. The number of nitrogens with one attached hydrogen (secondary N) is 1. The third-order valence-electron chi connectivity index (χ3n) is 2.34. The number of aliphatic hydroxyl groups excluding tert-OH is 1. The molecule has 2 unspecified atom stereocenters. The van der Waals surface area contributed by atoms with Crippen LogP contribution in [-0.2, 0) is 4.74 Å². The molecule has 2 atom stereocenters. The molecule has 0 spiro atoms. The summed E-state index contributed by atoms with van der Waals surface area (Å²) in [7, 11) is 1.66. The van der Waals surface area contributed by atoms with E-state index in [9.17, 15) is 5.11 Å². The van der Waals surface area contributed by atoms with E-state index < -0.39 is 6.10 Å². The van der Waals surface area contributed by atoms with Gasteiger partial charge in [0, 0.05) is 30.3 Å². The van der Waals surface area contributed by atoms with E-state index in [4.69, 9.17) is 16.3 Å². The first-order chi connectivity index (χ1) is 7.65. The molecule has 0 aromatic heterocycles. The highest BCUT2D eigenvalue weighted by Gasteiger charge is 2.11. The third-order valence-corrected chi connectivity index (χ3v) is 2.68. The fourth-order valence-corrected chi connectivity index (χ4v) is 1.74. The second-order valence-electron chi connectivity index (χ2n) is 3.80. The van der Waals surface area contributed by atoms with Crippen molar-refractivity contribution in [1.29, 1.82) is 0 Å². The summed E-state index contributed by atoms with van der Waals surface area (Å²) in [5.41, 5.74) is 0.751. The van der Waals surface area contributed by atoms with Gasteiger partial charge >= 0.3 is 0 Å². The number of halogens is 1. The molecule has 2 N–H and O–H groups in total. The van der Waals surface area contributed by atoms with Gasteiger partial charge < -0.3 is 15.2 Å². The largest absolute Gasteiger partial charge is 0.387 e. The SMILES string of the molecule is COCC(C)NCC(O)c1ccccc1Cl. The molecule has 0 saturated carbocycles. The van der Waals surface area contributed by atoms with Gasteiger partial charge in [-0.25, -0.2) is 0 Å². The zero-order chi connectivity index (χ0) is 12.0. The number of methoxy groups -OCH3 is 1. The summed E-state index contributed by atoms with van der Waals surface area (Å²) in [4.78, 5) is 0. The van der Waals surface area contributed by atoms with Crippen molar-refractivity contribution in [3.8, 4) is 0 Å². The Kier molecular flexibility index (Phi) is 5.77. The van der Waals surface area contributed by atoms with Crippen LogP contribution in [0.5, 0.6) is 0 Å². The minimum atomic E-state index is -0.590. The molecule has 0 aliphatic heterocycles. The number of ether oxygens (including phenoxy) is 1. The molecule has 1 rings (SSSR count). The Balaban J connectivity index is 2.46. The maximum atomic E-state index is 9.93. The van der Waals surface area contributed by atoms with E-state index in [1.54, 1.807) is 13.2 Å². The van der Waals surface area contributed by atoms with Crippen molar-refractivity contribution in [2.45, 2.75) is 19.1 Å². The highest BCUT2D eigenvalue weighted by molar-refractivity contribution is 6.31. The standard InChI is InChI=1S/C12H18ClNO2/c1-9(8-16-2)14-7-12(15)10-5-3-4-6-11(10)13/h3-6,9,12,14-15H,7-8H2,1-2H3. The summed E-state index contributed by atoms with van der Waals surface area (Å²) in [6.45, 7) is 3.09. The lowest BCUT2D eigenvalue weighted by Crippen LogP contribution is -2.33. The minimum absolute atomic E-state index is 0.210. The van der Waals surface area contributed by atoms with E-state index in [0.717, 1.165) is 5.56 Å². The Morgan fingerprint density at radius 3 is 2.75 bits per heavy atom. The minimum Gasteiger partial charge on any atom is -0.387 e. The highest BCUT2D eigenvalue weighted by Crippen LogP contribution is 2.21. The molecular formula is C12H18ClNO2. The number of rotatable bonds is 6. The Morgan fingerprint density at radius 1 is 1.44 bits per heavy atom. The van der Waals surface area contributed by atoms with Crippen LogP contribution in [0.2, 0.25) is 5.02 Å². The van der Waals surface area contributed by atoms with Gasteiger partial charge in [0.1, 0.15) is 0 Å². The van der Waals surface area contributed by atoms with E-state index in [1.165, 1.54) is 0 Å². The Morgan fingerprint density at radius 2 is 2.12 bits per heavy atom. The first-order valence-electron chi connectivity index (χ1n) is 5.30. The molecule has 0 bridgehead atoms. The summed E-state index contributed by atoms with van der Waals surface area (Å²) >= 11 is 5.98. The molecule has 0 fully saturated rings. The van der Waals surface area contributed by atoms with Crippen LogP contribution < -0.4 is 5.32 Å². The molecule has 4 heteroatoms. The van der Waals surface area contributed by atoms with Crippen LogP contribution in [0.4, 0.5) is 0 Å². The lowest BCUT2D eigenvalue weighted by Gasteiger charge is -2.17. The quantitative estimate of drug-likeness (QED) is 0.803. The number of hydrogen-bond acceptors (Lipinski definition) is 3. The van der Waals surface area contributed by atoms with Crippen LogP contribution >= 0.6 is 11.6 Å². The van der Waals surface area contributed by atoms with Gasteiger partial charge in [-0.1, -0.05) is 29.8 Å². The van der Waals surface area contributed by atoms with Crippen molar-refractivity contribution in [2.75, 3.05) is 20.3 Å². The van der Waals surface area contributed by atoms with Gasteiger partial charge in [0.05, 0.1) is 12.7 Å². The van der Waals surface area contributed by atoms with Crippen LogP contribution in [-0.4, -0.2) is 31.4 Å². The lowest BCUT2D eigenvalue weighted by molar-refractivity contribution is 0.143. The molecule has 0 aliphatic carbocycles. The third kappa shape index (κ3) is 4.10. The van der Waals surface area contributed by atoms with Crippen LogP contribution in [0, 0.1) is 0 Å². The topological polar surface area (TPSA) is 41.5 Å². The van der Waals surface area contributed by atoms with Crippen molar-refractivity contribution in [3.63, 3.8) is 0 Å². The lowest BCUT2D eigenvalue weighted by atomic mass is 10.1. The van der Waals surface area contributed by atoms with E-state index >= 15 is 0 Å². The van der Waals surface area contributed by atoms with Crippen LogP contribution in [0.15, 0.2) is 24.3 Å². The smallest absolute Gasteiger partial charge is 0.0928 e. The number of hydrogen-bond donors (Lipinski definition) is 2. The van der Waals surface area contributed by atoms with Gasteiger partial charge in [-0.05, 0) is 13.0 Å². The van der Waals surface area contributed by atoms with Crippen molar-refractivity contribution < 1.29 is 9.84 Å². The van der Waals surface area contributed by atoms with E-state index in [0.29, 0.717) is 18.2 Å². The predicted octanol–water partition coefficient (Wildman–Crippen LogP) is 2.00. The van der Waals surface area contributed by atoms with E-state index in [2.05, 4.69) is 5.32 Å². The van der Waals surface area contributed by atoms with Crippen LogP contribution in [0.3, 0.4) is 0 Å². The maximum Gasteiger partial charge on any atom is 0.0928 e. The molecular weight excluding hydrogens is 226 g/mol. The van der Waals surface area contributed by atoms with E-state index in [1.807, 2.05) is 25.1 Å². The summed E-state index contributed by atoms with van der Waals surface area (Å²) in [5, 5.41) is 13.7. The monoisotopic (exact) mass is 243 g/mol. The second kappa shape index (κ2) is 6.86. The first-order valence-corrected chi connectivity index (χ1v) is 5.67.